The van der Waals surface area contributed by atoms with Crippen molar-refractivity contribution < 1.29 is 4.74 Å². The van der Waals surface area contributed by atoms with Gasteiger partial charge in [0.05, 0.1) is 11.1 Å². The molecule has 1 saturated carbocycles. The number of nitrogens with one attached hydrogen (secondary N) is 2. The smallest absolute Gasteiger partial charge is 0.255 e. The van der Waals surface area contributed by atoms with Crippen molar-refractivity contribution in [2.24, 2.45) is 0 Å². The molecule has 0 radical (unpaired) electrons. The van der Waals surface area contributed by atoms with E-state index in [1.54, 1.807) is 12.3 Å². The molecule has 0 bridgehead atoms. The van der Waals surface area contributed by atoms with Crippen molar-refractivity contribution in [3.8, 4) is 5.75 Å². The maximum atomic E-state index is 11.7. The van der Waals surface area contributed by atoms with Gasteiger partial charge in [-0.25, -0.2) is 0 Å². The number of aromatic nitrogens is 1. The van der Waals surface area contributed by atoms with Crippen LogP contribution in [0.3, 0.4) is 0 Å². The van der Waals surface area contributed by atoms with Crippen molar-refractivity contribution in [1.82, 2.24) is 10.3 Å². The summed E-state index contributed by atoms with van der Waals surface area (Å²) in [5.41, 5.74) is -0.122. The summed E-state index contributed by atoms with van der Waals surface area (Å²) >= 11 is 6.22. The van der Waals surface area contributed by atoms with E-state index in [4.69, 9.17) is 16.3 Å². The molecule has 5 heteroatoms. The molecule has 0 atom stereocenters. The first-order chi connectivity index (χ1) is 10.7. The van der Waals surface area contributed by atoms with Crippen LogP contribution in [0.2, 0.25) is 5.02 Å². The number of hydrogen-bond donors (Lipinski definition) is 2. The van der Waals surface area contributed by atoms with E-state index in [-0.39, 0.29) is 11.7 Å². The maximum Gasteiger partial charge on any atom is 0.255 e. The highest BCUT2D eigenvalue weighted by molar-refractivity contribution is 6.32. The summed E-state index contributed by atoms with van der Waals surface area (Å²) in [7, 11) is 3.75. The molecule has 1 aliphatic rings. The number of ether oxygens (including phenoxy) is 1. The number of fused-ring (bicyclic) bond motifs is 1. The van der Waals surface area contributed by atoms with Gasteiger partial charge in [0.1, 0.15) is 5.75 Å². The fourth-order valence-corrected chi connectivity index (χ4v) is 2.85. The molecule has 0 spiro atoms. The molecule has 4 nitrogen and oxygen atoms in total. The quantitative estimate of drug-likeness (QED) is 0.885. The lowest BCUT2D eigenvalue weighted by Crippen LogP contribution is -2.19. The molecule has 22 heavy (non-hydrogen) atoms. The largest absolute Gasteiger partial charge is 0.489 e. The highest BCUT2D eigenvalue weighted by atomic mass is 35.5. The number of benzene rings is 1. The van der Waals surface area contributed by atoms with Gasteiger partial charge in [-0.1, -0.05) is 18.0 Å². The van der Waals surface area contributed by atoms with Crippen LogP contribution in [0.5, 0.6) is 5.75 Å². The van der Waals surface area contributed by atoms with Gasteiger partial charge in [0.15, 0.2) is 0 Å². The van der Waals surface area contributed by atoms with Crippen LogP contribution in [0.25, 0.3) is 10.8 Å². The van der Waals surface area contributed by atoms with Gasteiger partial charge < -0.3 is 15.0 Å². The first kappa shape index (κ1) is 16.8. The molecule has 1 fully saturated rings. The van der Waals surface area contributed by atoms with E-state index >= 15 is 0 Å². The first-order valence-corrected chi connectivity index (χ1v) is 8.09. The Hall–Kier alpha value is -1.52. The Morgan fingerprint density at radius 2 is 1.91 bits per heavy atom. The van der Waals surface area contributed by atoms with E-state index in [1.807, 2.05) is 26.2 Å². The Morgan fingerprint density at radius 3 is 2.59 bits per heavy atom. The SMILES string of the molecule is CNC.O=c1[nH]ccc2cc(OC3CCCCC3)c(Cl)cc12. The highest BCUT2D eigenvalue weighted by Crippen LogP contribution is 2.31. The van der Waals surface area contributed by atoms with Crippen molar-refractivity contribution in [2.45, 2.75) is 38.2 Å². The van der Waals surface area contributed by atoms with Crippen LogP contribution < -0.4 is 15.6 Å². The lowest BCUT2D eigenvalue weighted by molar-refractivity contribution is 0.155. The van der Waals surface area contributed by atoms with Crippen molar-refractivity contribution >= 4 is 22.4 Å². The van der Waals surface area contributed by atoms with Crippen LogP contribution in [0.15, 0.2) is 29.2 Å². The third-order valence-electron chi connectivity index (χ3n) is 3.67. The van der Waals surface area contributed by atoms with E-state index in [0.29, 0.717) is 16.2 Å². The van der Waals surface area contributed by atoms with Gasteiger partial charge in [-0.3, -0.25) is 4.79 Å². The third-order valence-corrected chi connectivity index (χ3v) is 3.97. The average molecular weight is 323 g/mol. The molecular weight excluding hydrogens is 300 g/mol. The van der Waals surface area contributed by atoms with Gasteiger partial charge in [-0.2, -0.15) is 0 Å². The van der Waals surface area contributed by atoms with Crippen molar-refractivity contribution in [1.29, 1.82) is 0 Å². The normalized spacial score (nSPS) is 15.2. The summed E-state index contributed by atoms with van der Waals surface area (Å²) in [5, 5.41) is 4.72. The molecule has 0 aliphatic heterocycles. The summed E-state index contributed by atoms with van der Waals surface area (Å²) in [5.74, 6) is 0.687. The van der Waals surface area contributed by atoms with Crippen molar-refractivity contribution in [2.75, 3.05) is 14.1 Å². The van der Waals surface area contributed by atoms with E-state index in [9.17, 15) is 4.79 Å². The summed E-state index contributed by atoms with van der Waals surface area (Å²) in [6.45, 7) is 0. The van der Waals surface area contributed by atoms with Gasteiger partial charge in [0, 0.05) is 11.6 Å². The minimum absolute atomic E-state index is 0.122. The molecular formula is C17H23ClN2O2. The third kappa shape index (κ3) is 4.24. The van der Waals surface area contributed by atoms with Crippen LogP contribution in [0, 0.1) is 0 Å². The molecule has 1 aromatic carbocycles. The molecule has 1 aliphatic carbocycles. The van der Waals surface area contributed by atoms with Crippen molar-refractivity contribution in [3.63, 3.8) is 0 Å². The summed E-state index contributed by atoms with van der Waals surface area (Å²) in [4.78, 5) is 14.3. The fourth-order valence-electron chi connectivity index (χ4n) is 2.64. The van der Waals surface area contributed by atoms with Crippen LogP contribution in [-0.4, -0.2) is 25.2 Å². The molecule has 0 unspecified atom stereocenters. The van der Waals surface area contributed by atoms with Gasteiger partial charge in [-0.15, -0.1) is 0 Å². The van der Waals surface area contributed by atoms with Crippen LogP contribution in [-0.2, 0) is 0 Å². The Kier molecular flexibility index (Phi) is 6.28. The monoisotopic (exact) mass is 322 g/mol. The fraction of sp³-hybridized carbons (Fsp3) is 0.471. The Bertz CT molecular complexity index is 663. The maximum absolute atomic E-state index is 11.7. The Balaban J connectivity index is 0.000000545. The Labute approximate surface area is 135 Å². The van der Waals surface area contributed by atoms with E-state index in [1.165, 1.54) is 19.3 Å². The second-order valence-corrected chi connectivity index (χ2v) is 5.96. The molecule has 120 valence electrons. The standard InChI is InChI=1S/C15H16ClNO2.C2H7N/c16-13-9-12-10(6-7-17-15(12)18)8-14(13)19-11-4-2-1-3-5-11;1-3-2/h6-9,11H,1-5H2,(H,17,18);3H,1-2H3. The molecule has 1 aromatic heterocycles. The summed E-state index contributed by atoms with van der Waals surface area (Å²) in [6, 6.07) is 5.41. The van der Waals surface area contributed by atoms with Gasteiger partial charge in [-0.05, 0) is 63.4 Å². The number of H-pyrrole nitrogens is 1. The predicted octanol–water partition coefficient (Wildman–Crippen LogP) is 3.73. The molecule has 3 rings (SSSR count). The zero-order valence-corrected chi connectivity index (χ0v) is 13.9. The molecule has 2 aromatic rings. The van der Waals surface area contributed by atoms with Gasteiger partial charge >= 0.3 is 0 Å². The summed E-state index contributed by atoms with van der Waals surface area (Å²) in [6.07, 6.45) is 7.80. The van der Waals surface area contributed by atoms with Crippen LogP contribution in [0.4, 0.5) is 0 Å². The molecule has 1 heterocycles. The molecule has 0 saturated heterocycles. The average Bonchev–Trinajstić information content (AvgIpc) is 2.51. The van der Waals surface area contributed by atoms with E-state index in [0.717, 1.165) is 18.2 Å². The van der Waals surface area contributed by atoms with E-state index in [2.05, 4.69) is 10.3 Å². The van der Waals surface area contributed by atoms with Gasteiger partial charge in [0.25, 0.3) is 5.56 Å². The number of rotatable bonds is 2. The number of halogens is 1. The first-order valence-electron chi connectivity index (χ1n) is 7.71. The van der Waals surface area contributed by atoms with Crippen LogP contribution >= 0.6 is 11.6 Å². The second-order valence-electron chi connectivity index (χ2n) is 5.55. The van der Waals surface area contributed by atoms with Crippen molar-refractivity contribution in [3.05, 3.63) is 39.8 Å². The molecule has 0 amide bonds. The molecule has 2 N–H and O–H groups in total. The minimum atomic E-state index is -0.122. The van der Waals surface area contributed by atoms with Gasteiger partial charge in [0.2, 0.25) is 0 Å². The number of aromatic amines is 1. The minimum Gasteiger partial charge on any atom is -0.489 e. The zero-order chi connectivity index (χ0) is 15.9. The lowest BCUT2D eigenvalue weighted by Gasteiger charge is -2.23. The zero-order valence-electron chi connectivity index (χ0n) is 13.1. The summed E-state index contributed by atoms with van der Waals surface area (Å²) < 4.78 is 5.99. The predicted molar refractivity (Wildman–Crippen MR) is 92.1 cm³/mol. The number of hydrogen-bond acceptors (Lipinski definition) is 3. The number of pyridine rings is 1. The second kappa shape index (κ2) is 8.20. The van der Waals surface area contributed by atoms with Crippen LogP contribution in [0.1, 0.15) is 32.1 Å². The highest BCUT2D eigenvalue weighted by Gasteiger charge is 2.16. The topological polar surface area (TPSA) is 54.1 Å². The Morgan fingerprint density at radius 1 is 1.23 bits per heavy atom. The van der Waals surface area contributed by atoms with E-state index < -0.39 is 0 Å². The lowest BCUT2D eigenvalue weighted by atomic mass is 9.98.